The number of hydrogen-bond donors (Lipinski definition) is 0. The summed E-state index contributed by atoms with van der Waals surface area (Å²) in [5, 5.41) is 2.73. The third-order valence-corrected chi connectivity index (χ3v) is 8.41. The molecule has 0 atom stereocenters. The van der Waals surface area contributed by atoms with Crippen LogP contribution in [0.2, 0.25) is 0 Å². The fourth-order valence-electron chi connectivity index (χ4n) is 4.47. The highest BCUT2D eigenvalue weighted by Gasteiger charge is 2.17. The standard InChI is InChI=1S/C26H20N2S2/c1-15-7-6-8-16(2)23(15)28-12-11-27-26(28)19-14-22-20(13-17(19)3)25-24(30-22)18-9-4-5-10-21(18)29-25/h4-14H,1-3H3. The molecule has 0 aliphatic heterocycles. The van der Waals surface area contributed by atoms with Gasteiger partial charge in [-0.3, -0.25) is 4.57 Å². The normalized spacial score (nSPS) is 11.8. The molecule has 0 unspecified atom stereocenters. The Labute approximate surface area is 183 Å². The van der Waals surface area contributed by atoms with Gasteiger partial charge in [0.15, 0.2) is 0 Å². The number of nitrogens with zero attached hydrogens (tertiary/aromatic N) is 2. The van der Waals surface area contributed by atoms with Gasteiger partial charge < -0.3 is 0 Å². The van der Waals surface area contributed by atoms with Gasteiger partial charge in [0.2, 0.25) is 0 Å². The molecule has 2 nitrogen and oxygen atoms in total. The zero-order valence-corrected chi connectivity index (χ0v) is 18.7. The Morgan fingerprint density at radius 1 is 0.733 bits per heavy atom. The molecule has 3 aromatic carbocycles. The van der Waals surface area contributed by atoms with Gasteiger partial charge in [0.05, 0.1) is 15.1 Å². The Morgan fingerprint density at radius 3 is 2.30 bits per heavy atom. The van der Waals surface area contributed by atoms with Gasteiger partial charge in [-0.2, -0.15) is 0 Å². The molecule has 146 valence electrons. The zero-order chi connectivity index (χ0) is 20.4. The lowest BCUT2D eigenvalue weighted by Crippen LogP contribution is -2.02. The fraction of sp³-hybridized carbons (Fsp3) is 0.115. The average molecular weight is 425 g/mol. The van der Waals surface area contributed by atoms with Crippen molar-refractivity contribution in [1.29, 1.82) is 0 Å². The lowest BCUT2D eigenvalue weighted by atomic mass is 10.0. The van der Waals surface area contributed by atoms with Gasteiger partial charge in [0, 0.05) is 38.1 Å². The molecule has 0 bridgehead atoms. The van der Waals surface area contributed by atoms with Crippen molar-refractivity contribution >= 4 is 52.2 Å². The molecule has 0 N–H and O–H groups in total. The van der Waals surface area contributed by atoms with Crippen molar-refractivity contribution in [2.45, 2.75) is 20.8 Å². The number of aryl methyl sites for hydroxylation is 3. The Kier molecular flexibility index (Phi) is 3.89. The van der Waals surface area contributed by atoms with Crippen LogP contribution in [0.3, 0.4) is 0 Å². The van der Waals surface area contributed by atoms with Gasteiger partial charge in [0.1, 0.15) is 5.82 Å². The number of imidazole rings is 1. The molecule has 3 heterocycles. The quantitative estimate of drug-likeness (QED) is 0.275. The number of aromatic nitrogens is 2. The summed E-state index contributed by atoms with van der Waals surface area (Å²) in [4.78, 5) is 4.77. The van der Waals surface area contributed by atoms with E-state index in [0.717, 1.165) is 5.82 Å². The van der Waals surface area contributed by atoms with Crippen LogP contribution >= 0.6 is 22.7 Å². The first-order valence-corrected chi connectivity index (χ1v) is 11.7. The number of rotatable bonds is 2. The van der Waals surface area contributed by atoms with Gasteiger partial charge >= 0.3 is 0 Å². The van der Waals surface area contributed by atoms with Crippen LogP contribution in [0.25, 0.3) is 46.6 Å². The summed E-state index contributed by atoms with van der Waals surface area (Å²) < 4.78 is 7.75. The monoisotopic (exact) mass is 424 g/mol. The van der Waals surface area contributed by atoms with Gasteiger partial charge in [-0.25, -0.2) is 4.98 Å². The average Bonchev–Trinajstić information content (AvgIpc) is 3.42. The van der Waals surface area contributed by atoms with E-state index in [9.17, 15) is 0 Å². The lowest BCUT2D eigenvalue weighted by molar-refractivity contribution is 1.03. The number of hydrogen-bond acceptors (Lipinski definition) is 3. The second kappa shape index (κ2) is 6.53. The molecule has 3 aromatic heterocycles. The van der Waals surface area contributed by atoms with Crippen molar-refractivity contribution in [2.75, 3.05) is 0 Å². The molecule has 0 saturated heterocycles. The Balaban J connectivity index is 1.60. The van der Waals surface area contributed by atoms with E-state index in [4.69, 9.17) is 4.98 Å². The summed E-state index contributed by atoms with van der Waals surface area (Å²) in [5.74, 6) is 1.01. The van der Waals surface area contributed by atoms with Gasteiger partial charge in [0.25, 0.3) is 0 Å². The van der Waals surface area contributed by atoms with E-state index in [2.05, 4.69) is 86.1 Å². The maximum absolute atomic E-state index is 4.77. The highest BCUT2D eigenvalue weighted by atomic mass is 32.1. The summed E-state index contributed by atoms with van der Waals surface area (Å²) >= 11 is 3.80. The fourth-order valence-corrected chi connectivity index (χ4v) is 7.14. The summed E-state index contributed by atoms with van der Waals surface area (Å²) in [6.07, 6.45) is 3.99. The largest absolute Gasteiger partial charge is 0.299 e. The molecule has 0 amide bonds. The zero-order valence-electron chi connectivity index (χ0n) is 17.1. The summed E-state index contributed by atoms with van der Waals surface area (Å²) in [6, 6.07) is 19.9. The van der Waals surface area contributed by atoms with Crippen LogP contribution < -0.4 is 0 Å². The highest BCUT2D eigenvalue weighted by molar-refractivity contribution is 7.36. The van der Waals surface area contributed by atoms with Gasteiger partial charge in [-0.05, 0) is 55.7 Å². The van der Waals surface area contributed by atoms with E-state index < -0.39 is 0 Å². The topological polar surface area (TPSA) is 17.8 Å². The number of thiophene rings is 2. The van der Waals surface area contributed by atoms with E-state index in [1.54, 1.807) is 0 Å². The van der Waals surface area contributed by atoms with E-state index in [-0.39, 0.29) is 0 Å². The lowest BCUT2D eigenvalue weighted by Gasteiger charge is -2.15. The smallest absolute Gasteiger partial charge is 0.144 e. The Bertz CT molecular complexity index is 1560. The minimum Gasteiger partial charge on any atom is -0.299 e. The second-order valence-electron chi connectivity index (χ2n) is 7.88. The predicted molar refractivity (Wildman–Crippen MR) is 131 cm³/mol. The van der Waals surface area contributed by atoms with Crippen molar-refractivity contribution in [3.8, 4) is 17.1 Å². The molecular weight excluding hydrogens is 404 g/mol. The predicted octanol–water partition coefficient (Wildman–Crippen LogP) is 8.05. The number of fused-ring (bicyclic) bond motifs is 5. The SMILES string of the molecule is Cc1cc2c(cc1-c1nccn1-c1c(C)cccc1C)sc1c3ccccc3sc21. The van der Waals surface area contributed by atoms with Crippen LogP contribution in [0.1, 0.15) is 16.7 Å². The number of benzene rings is 3. The number of para-hydroxylation sites is 1. The first kappa shape index (κ1) is 17.9. The highest BCUT2D eigenvalue weighted by Crippen LogP contribution is 2.45. The summed E-state index contributed by atoms with van der Waals surface area (Å²) in [7, 11) is 0. The first-order valence-electron chi connectivity index (χ1n) is 10.1. The molecule has 30 heavy (non-hydrogen) atoms. The summed E-state index contributed by atoms with van der Waals surface area (Å²) in [6.45, 7) is 6.54. The molecule has 0 aliphatic carbocycles. The molecule has 6 rings (SSSR count). The minimum atomic E-state index is 1.01. The van der Waals surface area contributed by atoms with Crippen molar-refractivity contribution in [2.24, 2.45) is 0 Å². The third kappa shape index (κ3) is 2.51. The molecule has 0 aliphatic rings. The van der Waals surface area contributed by atoms with Crippen LogP contribution in [0.5, 0.6) is 0 Å². The van der Waals surface area contributed by atoms with Crippen LogP contribution in [0.15, 0.2) is 67.0 Å². The maximum atomic E-state index is 4.77. The molecular formula is C26H20N2S2. The van der Waals surface area contributed by atoms with E-state index in [1.165, 1.54) is 57.5 Å². The van der Waals surface area contributed by atoms with E-state index in [0.29, 0.717) is 0 Å². The maximum Gasteiger partial charge on any atom is 0.144 e. The molecule has 0 radical (unpaired) electrons. The van der Waals surface area contributed by atoms with Crippen molar-refractivity contribution < 1.29 is 0 Å². The van der Waals surface area contributed by atoms with Gasteiger partial charge in [-0.15, -0.1) is 22.7 Å². The Hall–Kier alpha value is -2.95. The van der Waals surface area contributed by atoms with Crippen LogP contribution in [-0.4, -0.2) is 9.55 Å². The van der Waals surface area contributed by atoms with Crippen LogP contribution in [0.4, 0.5) is 0 Å². The molecule has 0 fully saturated rings. The van der Waals surface area contributed by atoms with Crippen molar-refractivity contribution in [3.63, 3.8) is 0 Å². The third-order valence-electron chi connectivity index (χ3n) is 5.90. The van der Waals surface area contributed by atoms with Crippen molar-refractivity contribution in [1.82, 2.24) is 9.55 Å². The second-order valence-corrected chi connectivity index (χ2v) is 9.99. The van der Waals surface area contributed by atoms with Crippen LogP contribution in [-0.2, 0) is 0 Å². The van der Waals surface area contributed by atoms with Gasteiger partial charge in [-0.1, -0.05) is 36.4 Å². The molecule has 4 heteroatoms. The minimum absolute atomic E-state index is 1.01. The summed E-state index contributed by atoms with van der Waals surface area (Å²) in [5.41, 5.74) is 6.21. The molecule has 0 spiro atoms. The van der Waals surface area contributed by atoms with E-state index >= 15 is 0 Å². The van der Waals surface area contributed by atoms with E-state index in [1.807, 2.05) is 28.9 Å². The Morgan fingerprint density at radius 2 is 1.47 bits per heavy atom. The molecule has 6 aromatic rings. The first-order chi connectivity index (χ1) is 14.6. The molecule has 0 saturated carbocycles. The van der Waals surface area contributed by atoms with Crippen LogP contribution in [0, 0.1) is 20.8 Å². The van der Waals surface area contributed by atoms with Crippen molar-refractivity contribution in [3.05, 3.63) is 83.7 Å².